The predicted molar refractivity (Wildman–Crippen MR) is 56.9 cm³/mol. The molecule has 0 amide bonds. The molecule has 0 aromatic heterocycles. The Labute approximate surface area is 88.5 Å². The van der Waals surface area contributed by atoms with Crippen LogP contribution in [0.1, 0.15) is 22.3 Å². The normalized spacial score (nSPS) is 25.4. The molecule has 2 nitrogen and oxygen atoms in total. The van der Waals surface area contributed by atoms with Crippen molar-refractivity contribution < 1.29 is 9.18 Å². The van der Waals surface area contributed by atoms with E-state index < -0.39 is 5.67 Å². The van der Waals surface area contributed by atoms with Gasteiger partial charge in [-0.15, -0.1) is 0 Å². The van der Waals surface area contributed by atoms with Crippen molar-refractivity contribution in [3.8, 4) is 0 Å². The van der Waals surface area contributed by atoms with E-state index in [1.54, 1.807) is 12.1 Å². The maximum atomic E-state index is 14.0. The summed E-state index contributed by atoms with van der Waals surface area (Å²) in [5.74, 6) is 0. The van der Waals surface area contributed by atoms with E-state index in [0.717, 1.165) is 18.4 Å². The highest BCUT2D eigenvalue weighted by molar-refractivity contribution is 5.74. The first-order valence-corrected chi connectivity index (χ1v) is 5.16. The molecule has 3 heteroatoms. The zero-order valence-electron chi connectivity index (χ0n) is 8.50. The number of alkyl halides is 1. The lowest BCUT2D eigenvalue weighted by molar-refractivity contribution is 0.112. The Morgan fingerprint density at radius 3 is 2.67 bits per heavy atom. The molecule has 1 unspecified atom stereocenters. The van der Waals surface area contributed by atoms with Gasteiger partial charge in [0.25, 0.3) is 0 Å². The Bertz CT molecular complexity index is 341. The van der Waals surface area contributed by atoms with Gasteiger partial charge in [-0.05, 0) is 18.5 Å². The molecule has 0 spiro atoms. The number of hydrogen-bond acceptors (Lipinski definition) is 2. The molecule has 1 aliphatic heterocycles. The van der Waals surface area contributed by atoms with Crippen LogP contribution in [-0.2, 0) is 6.42 Å². The molecule has 1 aliphatic rings. The maximum absolute atomic E-state index is 14.0. The van der Waals surface area contributed by atoms with Crippen LogP contribution in [0.3, 0.4) is 0 Å². The molecule has 0 aliphatic carbocycles. The van der Waals surface area contributed by atoms with Gasteiger partial charge in [0.05, 0.1) is 0 Å². The van der Waals surface area contributed by atoms with Crippen molar-refractivity contribution in [1.29, 1.82) is 0 Å². The van der Waals surface area contributed by atoms with Crippen LogP contribution in [-0.4, -0.2) is 25.0 Å². The molecule has 1 N–H and O–H groups in total. The first kappa shape index (κ1) is 10.3. The number of benzene rings is 1. The first-order valence-electron chi connectivity index (χ1n) is 5.16. The molecule has 0 saturated carbocycles. The van der Waals surface area contributed by atoms with Crippen LogP contribution >= 0.6 is 0 Å². The second-order valence-corrected chi connectivity index (χ2v) is 4.11. The fourth-order valence-electron chi connectivity index (χ4n) is 1.94. The summed E-state index contributed by atoms with van der Waals surface area (Å²) in [6.45, 7) is 1.19. The van der Waals surface area contributed by atoms with Gasteiger partial charge in [-0.1, -0.05) is 24.3 Å². The summed E-state index contributed by atoms with van der Waals surface area (Å²) in [5, 5.41) is 3.02. The minimum absolute atomic E-state index is 0.430. The molecule has 2 rings (SSSR count). The molecule has 1 atom stereocenters. The maximum Gasteiger partial charge on any atom is 0.150 e. The number of halogens is 1. The number of carbonyl (C=O) groups is 1. The van der Waals surface area contributed by atoms with Crippen LogP contribution in [0.25, 0.3) is 0 Å². The van der Waals surface area contributed by atoms with Gasteiger partial charge >= 0.3 is 0 Å². The number of hydrogen-bond donors (Lipinski definition) is 1. The highest BCUT2D eigenvalue weighted by Gasteiger charge is 2.33. The lowest BCUT2D eigenvalue weighted by Gasteiger charge is -2.17. The second-order valence-electron chi connectivity index (χ2n) is 4.11. The quantitative estimate of drug-likeness (QED) is 0.765. The molecule has 80 valence electrons. The van der Waals surface area contributed by atoms with Crippen LogP contribution in [0.2, 0.25) is 0 Å². The van der Waals surface area contributed by atoms with E-state index in [9.17, 15) is 9.18 Å². The van der Waals surface area contributed by atoms with Gasteiger partial charge in [0.1, 0.15) is 12.0 Å². The van der Waals surface area contributed by atoms with E-state index in [0.29, 0.717) is 24.9 Å². The van der Waals surface area contributed by atoms with Crippen LogP contribution in [0.4, 0.5) is 4.39 Å². The monoisotopic (exact) mass is 207 g/mol. The summed E-state index contributed by atoms with van der Waals surface area (Å²) in [5.41, 5.74) is 0.478. The van der Waals surface area contributed by atoms with Crippen LogP contribution in [0, 0.1) is 0 Å². The summed E-state index contributed by atoms with van der Waals surface area (Å²) >= 11 is 0. The minimum Gasteiger partial charge on any atom is -0.313 e. The van der Waals surface area contributed by atoms with Crippen LogP contribution < -0.4 is 5.32 Å². The largest absolute Gasteiger partial charge is 0.313 e. The van der Waals surface area contributed by atoms with Gasteiger partial charge < -0.3 is 5.32 Å². The van der Waals surface area contributed by atoms with Gasteiger partial charge in [-0.3, -0.25) is 4.79 Å². The topological polar surface area (TPSA) is 29.1 Å². The number of rotatable bonds is 3. The predicted octanol–water partition coefficient (Wildman–Crippen LogP) is 1.74. The van der Waals surface area contributed by atoms with Gasteiger partial charge in [0.2, 0.25) is 0 Å². The van der Waals surface area contributed by atoms with E-state index in [-0.39, 0.29) is 0 Å². The number of nitrogens with one attached hydrogen (secondary N) is 1. The third-order valence-electron chi connectivity index (χ3n) is 2.83. The molecule has 1 aromatic rings. The molecule has 15 heavy (non-hydrogen) atoms. The van der Waals surface area contributed by atoms with Crippen molar-refractivity contribution in [3.05, 3.63) is 35.4 Å². The highest BCUT2D eigenvalue weighted by atomic mass is 19.1. The van der Waals surface area contributed by atoms with Crippen LogP contribution in [0.5, 0.6) is 0 Å². The summed E-state index contributed by atoms with van der Waals surface area (Å²) in [7, 11) is 0. The van der Waals surface area contributed by atoms with Gasteiger partial charge in [-0.2, -0.15) is 0 Å². The Balaban J connectivity index is 2.07. The van der Waals surface area contributed by atoms with E-state index in [1.807, 2.05) is 12.1 Å². The minimum atomic E-state index is -1.11. The van der Waals surface area contributed by atoms with Crippen molar-refractivity contribution in [3.63, 3.8) is 0 Å². The van der Waals surface area contributed by atoms with Gasteiger partial charge in [0.15, 0.2) is 0 Å². The molecule has 1 aromatic carbocycles. The molecule has 0 bridgehead atoms. The van der Waals surface area contributed by atoms with Crippen molar-refractivity contribution in [2.75, 3.05) is 13.1 Å². The molecule has 1 heterocycles. The van der Waals surface area contributed by atoms with Crippen molar-refractivity contribution in [2.45, 2.75) is 18.5 Å². The molecule has 1 saturated heterocycles. The molecule has 0 radical (unpaired) electrons. The van der Waals surface area contributed by atoms with Crippen LogP contribution in [0.15, 0.2) is 24.3 Å². The Hall–Kier alpha value is -1.22. The second kappa shape index (κ2) is 4.11. The smallest absolute Gasteiger partial charge is 0.150 e. The summed E-state index contributed by atoms with van der Waals surface area (Å²) in [6.07, 6.45) is 1.80. The van der Waals surface area contributed by atoms with Gasteiger partial charge in [0, 0.05) is 18.5 Å². The SMILES string of the molecule is O=Cc1ccc(CC2(F)CCNC2)cc1. The highest BCUT2D eigenvalue weighted by Crippen LogP contribution is 2.24. The lowest BCUT2D eigenvalue weighted by Crippen LogP contribution is -2.28. The van der Waals surface area contributed by atoms with E-state index in [4.69, 9.17) is 0 Å². The zero-order chi connectivity index (χ0) is 10.7. The first-order chi connectivity index (χ1) is 7.22. The molecular weight excluding hydrogens is 193 g/mol. The Kier molecular flexibility index (Phi) is 2.82. The van der Waals surface area contributed by atoms with Gasteiger partial charge in [-0.25, -0.2) is 4.39 Å². The Morgan fingerprint density at radius 2 is 2.13 bits per heavy atom. The number of carbonyl (C=O) groups excluding carboxylic acids is 1. The third kappa shape index (κ3) is 2.42. The van der Waals surface area contributed by atoms with Crippen molar-refractivity contribution in [1.82, 2.24) is 5.32 Å². The molecule has 1 fully saturated rings. The lowest BCUT2D eigenvalue weighted by atomic mass is 9.95. The number of aldehydes is 1. The summed E-state index contributed by atoms with van der Waals surface area (Å²) in [4.78, 5) is 10.4. The molecular formula is C12H14FNO. The fraction of sp³-hybridized carbons (Fsp3) is 0.417. The van der Waals surface area contributed by atoms with E-state index in [1.165, 1.54) is 0 Å². The van der Waals surface area contributed by atoms with E-state index >= 15 is 0 Å². The average molecular weight is 207 g/mol. The van der Waals surface area contributed by atoms with Crippen molar-refractivity contribution in [2.24, 2.45) is 0 Å². The summed E-state index contributed by atoms with van der Waals surface area (Å²) in [6, 6.07) is 7.11. The summed E-state index contributed by atoms with van der Waals surface area (Å²) < 4.78 is 14.0. The fourth-order valence-corrected chi connectivity index (χ4v) is 1.94. The zero-order valence-corrected chi connectivity index (χ0v) is 8.50. The van der Waals surface area contributed by atoms with E-state index in [2.05, 4.69) is 5.32 Å². The Morgan fingerprint density at radius 1 is 1.40 bits per heavy atom. The third-order valence-corrected chi connectivity index (χ3v) is 2.83. The van der Waals surface area contributed by atoms with Crippen molar-refractivity contribution >= 4 is 6.29 Å². The average Bonchev–Trinajstić information content (AvgIpc) is 2.66. The standard InChI is InChI=1S/C12H14FNO/c13-12(5-6-14-9-12)7-10-1-3-11(8-15)4-2-10/h1-4,8,14H,5-7,9H2.